The van der Waals surface area contributed by atoms with Gasteiger partial charge in [-0.05, 0) is 145 Å². The lowest BCUT2D eigenvalue weighted by Crippen LogP contribution is -2.13. The third-order valence-corrected chi connectivity index (χ3v) is 12.7. The molecule has 0 aliphatic heterocycles. The number of hydrogen-bond acceptors (Lipinski definition) is 1. The van der Waals surface area contributed by atoms with E-state index < -0.39 is 0 Å². The fourth-order valence-electron chi connectivity index (χ4n) is 9.40. The maximum absolute atomic E-state index is 12.7. The van der Waals surface area contributed by atoms with Crippen molar-refractivity contribution in [1.29, 1.82) is 0 Å². The highest BCUT2D eigenvalue weighted by Crippen LogP contribution is 2.40. The predicted octanol–water partition coefficient (Wildman–Crippen LogP) is 14.9. The zero-order chi connectivity index (χ0) is 36.0. The molecule has 0 spiro atoms. The van der Waals surface area contributed by atoms with Gasteiger partial charge in [0.1, 0.15) is 5.78 Å². The summed E-state index contributed by atoms with van der Waals surface area (Å²) in [7, 11) is 0. The molecule has 0 bridgehead atoms. The molecule has 1 nitrogen and oxygen atoms in total. The number of carbonyl (C=O) groups is 1. The van der Waals surface area contributed by atoms with Crippen LogP contribution in [0.3, 0.4) is 0 Å². The maximum atomic E-state index is 12.7. The van der Waals surface area contributed by atoms with Crippen molar-refractivity contribution in [2.45, 2.75) is 154 Å². The van der Waals surface area contributed by atoms with E-state index in [9.17, 15) is 4.79 Å². The van der Waals surface area contributed by atoms with Crippen molar-refractivity contribution in [3.63, 3.8) is 0 Å². The zero-order valence-electron chi connectivity index (χ0n) is 32.6. The van der Waals surface area contributed by atoms with E-state index in [-0.39, 0.29) is 0 Å². The summed E-state index contributed by atoms with van der Waals surface area (Å²) in [6, 6.07) is 37.1. The first-order valence-corrected chi connectivity index (χ1v) is 21.5. The molecule has 276 valence electrons. The Morgan fingerprint density at radius 1 is 0.442 bits per heavy atom. The Hall–Kier alpha value is -3.45. The lowest BCUT2D eigenvalue weighted by atomic mass is 9.76. The average molecular weight is 695 g/mol. The molecule has 0 unspecified atom stereocenters. The van der Waals surface area contributed by atoms with Crippen LogP contribution < -0.4 is 0 Å². The maximum Gasteiger partial charge on any atom is 0.132 e. The van der Waals surface area contributed by atoms with Gasteiger partial charge in [0.05, 0.1) is 0 Å². The minimum atomic E-state index is 0.508. The van der Waals surface area contributed by atoms with Crippen molar-refractivity contribution in [2.24, 2.45) is 11.8 Å². The molecule has 0 radical (unpaired) electrons. The molecule has 4 aromatic carbocycles. The minimum absolute atomic E-state index is 0.508. The van der Waals surface area contributed by atoms with E-state index in [0.717, 1.165) is 50.4 Å². The number of rotatable bonds is 18. The fraction of sp³-hybridized carbons (Fsp3) is 0.510. The lowest BCUT2D eigenvalue weighted by Gasteiger charge is -2.29. The summed E-state index contributed by atoms with van der Waals surface area (Å²) in [5.74, 6) is 3.65. The van der Waals surface area contributed by atoms with Gasteiger partial charge >= 0.3 is 0 Å². The Morgan fingerprint density at radius 3 is 1.10 bits per heavy atom. The topological polar surface area (TPSA) is 17.1 Å². The molecular weight excluding hydrogens is 629 g/mol. The first-order valence-electron chi connectivity index (χ1n) is 21.5. The molecule has 52 heavy (non-hydrogen) atoms. The second-order valence-corrected chi connectivity index (χ2v) is 16.6. The Kier molecular flexibility index (Phi) is 14.8. The van der Waals surface area contributed by atoms with Gasteiger partial charge in [0.2, 0.25) is 0 Å². The van der Waals surface area contributed by atoms with Crippen LogP contribution in [0.4, 0.5) is 0 Å². The molecule has 0 aromatic heterocycles. The summed E-state index contributed by atoms with van der Waals surface area (Å²) in [5, 5.41) is 0. The second-order valence-electron chi connectivity index (χ2n) is 16.6. The first kappa shape index (κ1) is 38.3. The fourth-order valence-corrected chi connectivity index (χ4v) is 9.40. The van der Waals surface area contributed by atoms with Crippen molar-refractivity contribution in [1.82, 2.24) is 0 Å². The van der Waals surface area contributed by atoms with Gasteiger partial charge in [-0.15, -0.1) is 0 Å². The quantitative estimate of drug-likeness (QED) is 0.0948. The van der Waals surface area contributed by atoms with Gasteiger partial charge in [-0.25, -0.2) is 0 Å². The van der Waals surface area contributed by atoms with Crippen molar-refractivity contribution in [3.8, 4) is 22.3 Å². The number of aryl methyl sites for hydroxylation is 2. The molecule has 6 rings (SSSR count). The van der Waals surface area contributed by atoms with E-state index in [1.165, 1.54) is 134 Å². The van der Waals surface area contributed by atoms with Crippen LogP contribution in [0.1, 0.15) is 164 Å². The van der Waals surface area contributed by atoms with Crippen LogP contribution in [0.15, 0.2) is 97.1 Å². The molecule has 1 heteroatoms. The van der Waals surface area contributed by atoms with Crippen LogP contribution in [0.25, 0.3) is 22.3 Å². The highest BCUT2D eigenvalue weighted by Gasteiger charge is 2.23. The van der Waals surface area contributed by atoms with Crippen molar-refractivity contribution in [3.05, 3.63) is 119 Å². The van der Waals surface area contributed by atoms with Crippen LogP contribution in [0, 0.1) is 11.8 Å². The highest BCUT2D eigenvalue weighted by atomic mass is 16.1. The highest BCUT2D eigenvalue weighted by molar-refractivity contribution is 5.78. The Bertz CT molecular complexity index is 1470. The summed E-state index contributed by atoms with van der Waals surface area (Å²) < 4.78 is 0. The summed E-state index contributed by atoms with van der Waals surface area (Å²) in [4.78, 5) is 12.7. The number of hydrogen-bond donors (Lipinski definition) is 0. The summed E-state index contributed by atoms with van der Waals surface area (Å²) >= 11 is 0. The molecule has 4 aromatic rings. The average Bonchev–Trinajstić information content (AvgIpc) is 3.20. The smallest absolute Gasteiger partial charge is 0.132 e. The van der Waals surface area contributed by atoms with Gasteiger partial charge in [-0.3, -0.25) is 4.79 Å². The van der Waals surface area contributed by atoms with Crippen LogP contribution in [-0.4, -0.2) is 5.78 Å². The molecule has 2 aliphatic rings. The van der Waals surface area contributed by atoms with Gasteiger partial charge in [0.15, 0.2) is 0 Å². The lowest BCUT2D eigenvalue weighted by molar-refractivity contribution is -0.119. The van der Waals surface area contributed by atoms with Crippen molar-refractivity contribution in [2.75, 3.05) is 0 Å². The third kappa shape index (κ3) is 11.3. The molecule has 2 aliphatic carbocycles. The van der Waals surface area contributed by atoms with E-state index in [2.05, 4.69) is 111 Å². The minimum Gasteiger partial charge on any atom is -0.300 e. The van der Waals surface area contributed by atoms with E-state index in [4.69, 9.17) is 0 Å². The Balaban J connectivity index is 0.790. The second kappa shape index (κ2) is 20.1. The Labute approximate surface area is 317 Å². The van der Waals surface area contributed by atoms with E-state index in [1.807, 2.05) is 0 Å². The number of unbranched alkanes of at least 4 members (excludes halogenated alkanes) is 2. The Morgan fingerprint density at radius 2 is 0.769 bits per heavy atom. The first-order chi connectivity index (χ1) is 25.6. The zero-order valence-corrected chi connectivity index (χ0v) is 32.6. The summed E-state index contributed by atoms with van der Waals surface area (Å²) in [5.41, 5.74) is 11.2. The third-order valence-electron chi connectivity index (χ3n) is 12.7. The largest absolute Gasteiger partial charge is 0.300 e. The molecule has 2 fully saturated rings. The van der Waals surface area contributed by atoms with Crippen LogP contribution >= 0.6 is 0 Å². The van der Waals surface area contributed by atoms with Gasteiger partial charge in [0, 0.05) is 12.8 Å². The molecule has 0 saturated heterocycles. The summed E-state index contributed by atoms with van der Waals surface area (Å²) in [6.07, 6.45) is 24.3. The van der Waals surface area contributed by atoms with Gasteiger partial charge in [0.25, 0.3) is 0 Å². The number of Topliss-reactive ketones (excluding diaryl/α,β-unsaturated/α-hetero) is 1. The van der Waals surface area contributed by atoms with Crippen molar-refractivity contribution < 1.29 is 4.79 Å². The molecule has 0 heterocycles. The number of carbonyl (C=O) groups excluding carboxylic acids is 1. The predicted molar refractivity (Wildman–Crippen MR) is 223 cm³/mol. The molecule has 0 N–H and O–H groups in total. The van der Waals surface area contributed by atoms with Gasteiger partial charge in [-0.2, -0.15) is 0 Å². The molecule has 0 atom stereocenters. The number of benzene rings is 4. The van der Waals surface area contributed by atoms with E-state index >= 15 is 0 Å². The van der Waals surface area contributed by atoms with E-state index in [0.29, 0.717) is 17.6 Å². The normalized spacial score (nSPS) is 20.5. The van der Waals surface area contributed by atoms with E-state index in [1.54, 1.807) is 0 Å². The van der Waals surface area contributed by atoms with Crippen molar-refractivity contribution >= 4 is 5.78 Å². The van der Waals surface area contributed by atoms with Gasteiger partial charge < -0.3 is 0 Å². The SMILES string of the molecule is CCCc1ccc(-c2ccc(C3CCC(CCCCC(=O)CCCC[C@H]4CC[C@H](c5ccc(-c6ccc(CCC)cc6)cc5)CC4)CC3)cc2)cc1. The van der Waals surface area contributed by atoms with Crippen LogP contribution in [0.2, 0.25) is 0 Å². The monoisotopic (exact) mass is 695 g/mol. The molecular formula is C51H66O. The molecule has 0 amide bonds. The standard InChI is InChI=1S/C51H66O/c1-3-9-39-15-23-43(24-16-39)47-31-35-49(36-32-47)45-27-19-41(20-28-45)11-5-7-13-51(52)14-8-6-12-42-21-29-46(30-22-42)50-37-33-48(34-38-50)44-25-17-40(10-4-2)18-26-44/h15-18,23-26,31-38,41-42,45-46H,3-14,19-22,27-30H2,1-2H3/t41-,42?,45-,46?. The number of ketones is 1. The van der Waals surface area contributed by atoms with Crippen LogP contribution in [0.5, 0.6) is 0 Å². The molecule has 2 saturated carbocycles. The summed E-state index contributed by atoms with van der Waals surface area (Å²) in [6.45, 7) is 4.48. The van der Waals surface area contributed by atoms with Crippen LogP contribution in [-0.2, 0) is 17.6 Å². The van der Waals surface area contributed by atoms with Gasteiger partial charge in [-0.1, -0.05) is 149 Å².